The lowest BCUT2D eigenvalue weighted by Crippen LogP contribution is -2.29. The second-order valence-corrected chi connectivity index (χ2v) is 4.89. The van der Waals surface area contributed by atoms with Gasteiger partial charge in [-0.1, -0.05) is 37.1 Å². The van der Waals surface area contributed by atoms with Crippen LogP contribution in [-0.4, -0.2) is 20.1 Å². The van der Waals surface area contributed by atoms with E-state index in [1.807, 2.05) is 7.05 Å². The molecular formula is C15H26N2. The number of rotatable bonds is 7. The Morgan fingerprint density at radius 3 is 2.59 bits per heavy atom. The van der Waals surface area contributed by atoms with Crippen molar-refractivity contribution in [3.05, 3.63) is 34.9 Å². The van der Waals surface area contributed by atoms with E-state index >= 15 is 0 Å². The molecule has 0 heterocycles. The molecular weight excluding hydrogens is 208 g/mol. The smallest absolute Gasteiger partial charge is 0.0208 e. The Morgan fingerprint density at radius 2 is 1.94 bits per heavy atom. The van der Waals surface area contributed by atoms with Gasteiger partial charge in [-0.3, -0.25) is 0 Å². The number of hydrogen-bond acceptors (Lipinski definition) is 2. The van der Waals surface area contributed by atoms with Crippen molar-refractivity contribution in [2.75, 3.05) is 20.1 Å². The van der Waals surface area contributed by atoms with Crippen LogP contribution in [0.25, 0.3) is 0 Å². The first-order chi connectivity index (χ1) is 8.17. The lowest BCUT2D eigenvalue weighted by molar-refractivity contribution is 0.444. The van der Waals surface area contributed by atoms with Crippen molar-refractivity contribution < 1.29 is 0 Å². The highest BCUT2D eigenvalue weighted by molar-refractivity contribution is 5.30. The van der Waals surface area contributed by atoms with Crippen molar-refractivity contribution in [3.8, 4) is 0 Å². The first kappa shape index (κ1) is 14.2. The number of nitrogens with one attached hydrogen (secondary N) is 2. The van der Waals surface area contributed by atoms with Crippen molar-refractivity contribution in [2.24, 2.45) is 5.92 Å². The molecule has 0 saturated heterocycles. The first-order valence-electron chi connectivity index (χ1n) is 6.58. The second-order valence-electron chi connectivity index (χ2n) is 4.89. The van der Waals surface area contributed by atoms with E-state index in [-0.39, 0.29) is 0 Å². The molecule has 1 rings (SSSR count). The number of hydrogen-bond donors (Lipinski definition) is 2. The van der Waals surface area contributed by atoms with Gasteiger partial charge in [-0.05, 0) is 51.0 Å². The first-order valence-corrected chi connectivity index (χ1v) is 6.58. The molecule has 2 N–H and O–H groups in total. The van der Waals surface area contributed by atoms with Crippen molar-refractivity contribution >= 4 is 0 Å². The molecule has 1 unspecified atom stereocenters. The van der Waals surface area contributed by atoms with Crippen LogP contribution in [0.4, 0.5) is 0 Å². The Labute approximate surface area is 106 Å². The largest absolute Gasteiger partial charge is 0.319 e. The SMILES string of the molecule is CCC(CNC)CNCc1cc(C)ccc1C. The van der Waals surface area contributed by atoms with Crippen LogP contribution < -0.4 is 10.6 Å². The monoisotopic (exact) mass is 234 g/mol. The van der Waals surface area contributed by atoms with Gasteiger partial charge in [0.15, 0.2) is 0 Å². The zero-order valence-corrected chi connectivity index (χ0v) is 11.6. The number of aryl methyl sites for hydroxylation is 2. The van der Waals surface area contributed by atoms with Gasteiger partial charge in [0.2, 0.25) is 0 Å². The van der Waals surface area contributed by atoms with Gasteiger partial charge in [0.05, 0.1) is 0 Å². The minimum Gasteiger partial charge on any atom is -0.319 e. The summed E-state index contributed by atoms with van der Waals surface area (Å²) in [4.78, 5) is 0. The highest BCUT2D eigenvalue weighted by Crippen LogP contribution is 2.10. The Balaban J connectivity index is 2.42. The second kappa shape index (κ2) is 7.46. The predicted octanol–water partition coefficient (Wildman–Crippen LogP) is 2.64. The predicted molar refractivity (Wildman–Crippen MR) is 75.3 cm³/mol. The molecule has 0 spiro atoms. The van der Waals surface area contributed by atoms with Crippen LogP contribution in [0.15, 0.2) is 18.2 Å². The maximum absolute atomic E-state index is 3.57. The van der Waals surface area contributed by atoms with Crippen molar-refractivity contribution in [2.45, 2.75) is 33.7 Å². The molecule has 0 aliphatic rings. The summed E-state index contributed by atoms with van der Waals surface area (Å²) in [5, 5.41) is 6.81. The van der Waals surface area contributed by atoms with E-state index in [1.54, 1.807) is 0 Å². The lowest BCUT2D eigenvalue weighted by Gasteiger charge is -2.16. The normalized spacial score (nSPS) is 12.7. The molecule has 1 aromatic rings. The maximum atomic E-state index is 3.57. The highest BCUT2D eigenvalue weighted by atomic mass is 14.9. The summed E-state index contributed by atoms with van der Waals surface area (Å²) in [7, 11) is 2.02. The molecule has 17 heavy (non-hydrogen) atoms. The molecule has 0 aliphatic carbocycles. The molecule has 0 bridgehead atoms. The summed E-state index contributed by atoms with van der Waals surface area (Å²) in [5.74, 6) is 0.727. The molecule has 0 radical (unpaired) electrons. The molecule has 96 valence electrons. The molecule has 2 nitrogen and oxygen atoms in total. The molecule has 0 saturated carbocycles. The molecule has 0 fully saturated rings. The van der Waals surface area contributed by atoms with Gasteiger partial charge < -0.3 is 10.6 Å². The molecule has 1 aromatic carbocycles. The third kappa shape index (κ3) is 4.88. The summed E-state index contributed by atoms with van der Waals surface area (Å²) >= 11 is 0. The quantitative estimate of drug-likeness (QED) is 0.758. The summed E-state index contributed by atoms with van der Waals surface area (Å²) in [5.41, 5.74) is 4.14. The van der Waals surface area contributed by atoms with Crippen LogP contribution in [-0.2, 0) is 6.54 Å². The summed E-state index contributed by atoms with van der Waals surface area (Å²) < 4.78 is 0. The Kier molecular flexibility index (Phi) is 6.23. The van der Waals surface area contributed by atoms with E-state index in [1.165, 1.54) is 23.1 Å². The zero-order valence-electron chi connectivity index (χ0n) is 11.6. The summed E-state index contributed by atoms with van der Waals surface area (Å²) in [6.07, 6.45) is 1.22. The van der Waals surface area contributed by atoms with Crippen LogP contribution >= 0.6 is 0 Å². The van der Waals surface area contributed by atoms with Crippen LogP contribution in [0.5, 0.6) is 0 Å². The van der Waals surface area contributed by atoms with E-state index in [0.29, 0.717) is 0 Å². The fourth-order valence-electron chi connectivity index (χ4n) is 2.05. The topological polar surface area (TPSA) is 24.1 Å². The van der Waals surface area contributed by atoms with E-state index in [2.05, 4.69) is 49.6 Å². The average molecular weight is 234 g/mol. The fourth-order valence-corrected chi connectivity index (χ4v) is 2.05. The Morgan fingerprint density at radius 1 is 1.18 bits per heavy atom. The molecule has 1 atom stereocenters. The number of benzene rings is 1. The minimum atomic E-state index is 0.727. The molecule has 0 aromatic heterocycles. The van der Waals surface area contributed by atoms with Crippen LogP contribution in [0.3, 0.4) is 0 Å². The highest BCUT2D eigenvalue weighted by Gasteiger charge is 2.05. The summed E-state index contributed by atoms with van der Waals surface area (Å²) in [6.45, 7) is 9.75. The summed E-state index contributed by atoms with van der Waals surface area (Å²) in [6, 6.07) is 6.66. The third-order valence-corrected chi connectivity index (χ3v) is 3.32. The molecule has 0 aliphatic heterocycles. The van der Waals surface area contributed by atoms with Crippen molar-refractivity contribution in [3.63, 3.8) is 0 Å². The van der Waals surface area contributed by atoms with Gasteiger partial charge in [-0.2, -0.15) is 0 Å². The van der Waals surface area contributed by atoms with Gasteiger partial charge in [0.1, 0.15) is 0 Å². The van der Waals surface area contributed by atoms with E-state index in [9.17, 15) is 0 Å². The van der Waals surface area contributed by atoms with Crippen molar-refractivity contribution in [1.29, 1.82) is 0 Å². The van der Waals surface area contributed by atoms with E-state index in [0.717, 1.165) is 25.6 Å². The van der Waals surface area contributed by atoms with Gasteiger partial charge in [-0.25, -0.2) is 0 Å². The van der Waals surface area contributed by atoms with E-state index < -0.39 is 0 Å². The van der Waals surface area contributed by atoms with Crippen LogP contribution in [0.2, 0.25) is 0 Å². The zero-order chi connectivity index (χ0) is 12.7. The van der Waals surface area contributed by atoms with Crippen LogP contribution in [0, 0.1) is 19.8 Å². The lowest BCUT2D eigenvalue weighted by atomic mass is 10.0. The van der Waals surface area contributed by atoms with Crippen LogP contribution in [0.1, 0.15) is 30.0 Å². The van der Waals surface area contributed by atoms with Gasteiger partial charge >= 0.3 is 0 Å². The standard InChI is InChI=1S/C15H26N2/c1-5-14(9-16-4)10-17-11-15-8-12(2)6-7-13(15)3/h6-8,14,16-17H,5,9-11H2,1-4H3. The van der Waals surface area contributed by atoms with Gasteiger partial charge in [0.25, 0.3) is 0 Å². The molecule has 2 heteroatoms. The van der Waals surface area contributed by atoms with Gasteiger partial charge in [-0.15, -0.1) is 0 Å². The fraction of sp³-hybridized carbons (Fsp3) is 0.600. The Bertz CT molecular complexity index is 334. The molecule has 0 amide bonds. The Hall–Kier alpha value is -0.860. The maximum Gasteiger partial charge on any atom is 0.0208 e. The van der Waals surface area contributed by atoms with E-state index in [4.69, 9.17) is 0 Å². The van der Waals surface area contributed by atoms with Gasteiger partial charge in [0, 0.05) is 6.54 Å². The minimum absolute atomic E-state index is 0.727. The van der Waals surface area contributed by atoms with Crippen molar-refractivity contribution in [1.82, 2.24) is 10.6 Å². The average Bonchev–Trinajstić information content (AvgIpc) is 2.32. The third-order valence-electron chi connectivity index (χ3n) is 3.32.